The molecular weight excluding hydrogens is 374 g/mol. The Morgan fingerprint density at radius 2 is 2.08 bits per heavy atom. The largest absolute Gasteiger partial charge is 0.383 e. The molecule has 1 aromatic carbocycles. The molecule has 6 heteroatoms. The highest BCUT2D eigenvalue weighted by molar-refractivity contribution is 7.12. The fourth-order valence-electron chi connectivity index (χ4n) is 2.24. The molecule has 0 fully saturated rings. The summed E-state index contributed by atoms with van der Waals surface area (Å²) in [6.45, 7) is 0.423. The minimum Gasteiger partial charge on any atom is -0.383 e. The molecule has 0 aliphatic carbocycles. The van der Waals surface area contributed by atoms with Gasteiger partial charge >= 0.3 is 0 Å². The van der Waals surface area contributed by atoms with Crippen LogP contribution in [0.5, 0.6) is 0 Å². The first-order chi connectivity index (χ1) is 12.1. The van der Waals surface area contributed by atoms with E-state index in [1.807, 2.05) is 47.2 Å². The van der Waals surface area contributed by atoms with Crippen molar-refractivity contribution in [3.8, 4) is 0 Å². The van der Waals surface area contributed by atoms with Crippen LogP contribution in [0.15, 0.2) is 59.3 Å². The monoisotopic (exact) mass is 389 g/mol. The molecule has 1 atom stereocenters. The number of amides is 1. The standard InChI is InChI=1S/C19H16ClNO2S2/c20-16-4-2-1-3-13(16)5-8-18(22)21-11-15-6-7-17(25-15)19(23)14-9-10-24-12-14/h1-10,12,19,23H,11H2,(H,21,22). The number of benzene rings is 1. The van der Waals surface area contributed by atoms with Crippen molar-refractivity contribution in [2.24, 2.45) is 0 Å². The Hall–Kier alpha value is -1.92. The van der Waals surface area contributed by atoms with E-state index in [-0.39, 0.29) is 5.91 Å². The summed E-state index contributed by atoms with van der Waals surface area (Å²) in [6, 6.07) is 13.1. The number of aliphatic hydroxyl groups is 1. The van der Waals surface area contributed by atoms with E-state index >= 15 is 0 Å². The highest BCUT2D eigenvalue weighted by Crippen LogP contribution is 2.29. The van der Waals surface area contributed by atoms with Gasteiger partial charge in [0.25, 0.3) is 0 Å². The molecule has 3 aromatic rings. The van der Waals surface area contributed by atoms with Gasteiger partial charge in [0.05, 0.1) is 6.54 Å². The Morgan fingerprint density at radius 3 is 2.84 bits per heavy atom. The molecule has 0 saturated heterocycles. The van der Waals surface area contributed by atoms with Crippen LogP contribution in [0.2, 0.25) is 5.02 Å². The number of carbonyl (C=O) groups excluding carboxylic acids is 1. The quantitative estimate of drug-likeness (QED) is 0.590. The molecule has 0 saturated carbocycles. The zero-order valence-electron chi connectivity index (χ0n) is 13.2. The summed E-state index contributed by atoms with van der Waals surface area (Å²) in [4.78, 5) is 13.8. The predicted octanol–water partition coefficient (Wildman–Crippen LogP) is 4.87. The van der Waals surface area contributed by atoms with E-state index in [1.165, 1.54) is 17.4 Å². The molecule has 3 nitrogen and oxygen atoms in total. The number of carbonyl (C=O) groups is 1. The summed E-state index contributed by atoms with van der Waals surface area (Å²) < 4.78 is 0. The third-order valence-electron chi connectivity index (χ3n) is 3.57. The second kappa shape index (κ2) is 8.45. The van der Waals surface area contributed by atoms with Gasteiger partial charge in [0, 0.05) is 20.9 Å². The van der Waals surface area contributed by atoms with Crippen molar-refractivity contribution in [3.05, 3.63) is 85.2 Å². The number of rotatable bonds is 6. The highest BCUT2D eigenvalue weighted by atomic mass is 35.5. The average Bonchev–Trinajstić information content (AvgIpc) is 3.30. The lowest BCUT2D eigenvalue weighted by Gasteiger charge is -2.05. The van der Waals surface area contributed by atoms with Crippen molar-refractivity contribution in [1.82, 2.24) is 5.32 Å². The lowest BCUT2D eigenvalue weighted by atomic mass is 10.2. The van der Waals surface area contributed by atoms with Crippen molar-refractivity contribution >= 4 is 46.3 Å². The minimum absolute atomic E-state index is 0.187. The van der Waals surface area contributed by atoms with Gasteiger partial charge in [-0.15, -0.1) is 11.3 Å². The highest BCUT2D eigenvalue weighted by Gasteiger charge is 2.13. The van der Waals surface area contributed by atoms with E-state index in [9.17, 15) is 9.90 Å². The van der Waals surface area contributed by atoms with Crippen LogP contribution in [0, 0.1) is 0 Å². The number of nitrogens with one attached hydrogen (secondary N) is 1. The normalized spacial score (nSPS) is 12.4. The van der Waals surface area contributed by atoms with E-state index in [2.05, 4.69) is 5.32 Å². The molecule has 1 amide bonds. The molecule has 0 spiro atoms. The second-order valence-corrected chi connectivity index (χ2v) is 7.72. The number of hydrogen-bond acceptors (Lipinski definition) is 4. The van der Waals surface area contributed by atoms with Gasteiger partial charge in [-0.2, -0.15) is 11.3 Å². The van der Waals surface area contributed by atoms with E-state index in [4.69, 9.17) is 11.6 Å². The molecule has 2 heterocycles. The van der Waals surface area contributed by atoms with E-state index in [0.29, 0.717) is 11.6 Å². The Kier molecular flexibility index (Phi) is 6.04. The molecule has 25 heavy (non-hydrogen) atoms. The summed E-state index contributed by atoms with van der Waals surface area (Å²) in [5.41, 5.74) is 1.70. The summed E-state index contributed by atoms with van der Waals surface area (Å²) in [6.07, 6.45) is 2.55. The van der Waals surface area contributed by atoms with Gasteiger partial charge in [0.1, 0.15) is 6.10 Å². The Bertz CT molecular complexity index is 871. The maximum absolute atomic E-state index is 11.9. The Balaban J connectivity index is 1.55. The van der Waals surface area contributed by atoms with Gasteiger partial charge in [-0.25, -0.2) is 0 Å². The summed E-state index contributed by atoms with van der Waals surface area (Å²) in [7, 11) is 0. The molecule has 128 valence electrons. The van der Waals surface area contributed by atoms with E-state index in [1.54, 1.807) is 23.5 Å². The number of hydrogen-bond donors (Lipinski definition) is 2. The number of halogens is 1. The minimum atomic E-state index is -0.610. The first-order valence-corrected chi connectivity index (χ1v) is 9.76. The Labute approximate surface area is 159 Å². The zero-order valence-corrected chi connectivity index (χ0v) is 15.6. The lowest BCUT2D eigenvalue weighted by molar-refractivity contribution is -0.116. The molecule has 0 aliphatic heterocycles. The maximum Gasteiger partial charge on any atom is 0.244 e. The second-order valence-electron chi connectivity index (χ2n) is 5.34. The SMILES string of the molecule is O=C(C=Cc1ccccc1Cl)NCc1ccc(C(O)c2ccsc2)s1. The van der Waals surface area contributed by atoms with Crippen LogP contribution in [-0.4, -0.2) is 11.0 Å². The number of aliphatic hydroxyl groups excluding tert-OH is 1. The topological polar surface area (TPSA) is 49.3 Å². The first kappa shape index (κ1) is 17.9. The average molecular weight is 390 g/mol. The molecule has 0 bridgehead atoms. The van der Waals surface area contributed by atoms with Crippen molar-refractivity contribution in [1.29, 1.82) is 0 Å². The van der Waals surface area contributed by atoms with Crippen LogP contribution in [-0.2, 0) is 11.3 Å². The van der Waals surface area contributed by atoms with Crippen molar-refractivity contribution in [3.63, 3.8) is 0 Å². The first-order valence-electron chi connectivity index (χ1n) is 7.62. The van der Waals surface area contributed by atoms with Gasteiger partial charge in [-0.05, 0) is 52.2 Å². The molecule has 3 rings (SSSR count). The summed E-state index contributed by atoms with van der Waals surface area (Å²) in [5.74, 6) is -0.187. The maximum atomic E-state index is 11.9. The van der Waals surface area contributed by atoms with Crippen LogP contribution in [0.25, 0.3) is 6.08 Å². The smallest absolute Gasteiger partial charge is 0.244 e. The van der Waals surface area contributed by atoms with E-state index < -0.39 is 6.10 Å². The lowest BCUT2D eigenvalue weighted by Crippen LogP contribution is -2.19. The predicted molar refractivity (Wildman–Crippen MR) is 105 cm³/mol. The molecular formula is C19H16ClNO2S2. The van der Waals surface area contributed by atoms with Gasteiger partial charge in [0.15, 0.2) is 0 Å². The fraction of sp³-hybridized carbons (Fsp3) is 0.105. The molecule has 0 radical (unpaired) electrons. The van der Waals surface area contributed by atoms with Gasteiger partial charge in [-0.1, -0.05) is 29.8 Å². The van der Waals surface area contributed by atoms with Crippen molar-refractivity contribution < 1.29 is 9.90 Å². The van der Waals surface area contributed by atoms with Crippen LogP contribution in [0.3, 0.4) is 0 Å². The van der Waals surface area contributed by atoms with Crippen molar-refractivity contribution in [2.75, 3.05) is 0 Å². The fourth-order valence-corrected chi connectivity index (χ4v) is 4.08. The van der Waals surface area contributed by atoms with Gasteiger partial charge in [0.2, 0.25) is 5.91 Å². The van der Waals surface area contributed by atoms with Gasteiger partial charge < -0.3 is 10.4 Å². The zero-order chi connectivity index (χ0) is 17.6. The third-order valence-corrected chi connectivity index (χ3v) is 5.75. The third kappa shape index (κ3) is 4.80. The van der Waals surface area contributed by atoms with E-state index in [0.717, 1.165) is 20.9 Å². The van der Waals surface area contributed by atoms with Gasteiger partial charge in [-0.3, -0.25) is 4.79 Å². The molecule has 0 aliphatic rings. The number of thiophene rings is 2. The molecule has 2 N–H and O–H groups in total. The van der Waals surface area contributed by atoms with Crippen LogP contribution in [0.1, 0.15) is 27.0 Å². The summed E-state index contributed by atoms with van der Waals surface area (Å²) >= 11 is 9.10. The van der Waals surface area contributed by atoms with Crippen LogP contribution in [0.4, 0.5) is 0 Å². The van der Waals surface area contributed by atoms with Crippen LogP contribution >= 0.6 is 34.3 Å². The molecule has 2 aromatic heterocycles. The van der Waals surface area contributed by atoms with Crippen LogP contribution < -0.4 is 5.32 Å². The molecule has 1 unspecified atom stereocenters. The Morgan fingerprint density at radius 1 is 1.24 bits per heavy atom. The van der Waals surface area contributed by atoms with Crippen molar-refractivity contribution in [2.45, 2.75) is 12.6 Å². The summed E-state index contributed by atoms with van der Waals surface area (Å²) in [5, 5.41) is 17.6.